The first kappa shape index (κ1) is 29.1. The first-order valence-electron chi connectivity index (χ1n) is 10.6. The second kappa shape index (κ2) is 20.6. The van der Waals surface area contributed by atoms with Crippen molar-refractivity contribution in [3.63, 3.8) is 0 Å². The second-order valence-electron chi connectivity index (χ2n) is 7.49. The molecule has 0 saturated heterocycles. The van der Waals surface area contributed by atoms with Crippen molar-refractivity contribution >= 4 is 39.7 Å². The summed E-state index contributed by atoms with van der Waals surface area (Å²) in [7, 11) is -4.05. The van der Waals surface area contributed by atoms with Gasteiger partial charge in [-0.3, -0.25) is 4.55 Å². The summed E-state index contributed by atoms with van der Waals surface area (Å²) in [5, 5.41) is 9.46. The molecule has 6 heteroatoms. The van der Waals surface area contributed by atoms with E-state index >= 15 is 0 Å². The average molecular weight is 403 g/mol. The van der Waals surface area contributed by atoms with E-state index in [-0.39, 0.29) is 29.6 Å². The number of aliphatic hydroxyl groups is 1. The molecule has 0 spiro atoms. The van der Waals surface area contributed by atoms with E-state index in [0.717, 1.165) is 19.3 Å². The summed E-state index contributed by atoms with van der Waals surface area (Å²) in [5.41, 5.74) is 0. The predicted molar refractivity (Wildman–Crippen MR) is 114 cm³/mol. The Labute approximate surface area is 185 Å². The Hall–Kier alpha value is 0.870. The van der Waals surface area contributed by atoms with Crippen molar-refractivity contribution in [3.8, 4) is 0 Å². The molecule has 0 amide bonds. The molecule has 0 aromatic heterocycles. The minimum atomic E-state index is -4.05. The van der Waals surface area contributed by atoms with E-state index in [1.54, 1.807) is 0 Å². The van der Waals surface area contributed by atoms with Gasteiger partial charge in [0.2, 0.25) is 0 Å². The van der Waals surface area contributed by atoms with Crippen molar-refractivity contribution in [1.82, 2.24) is 0 Å². The standard InChI is InChI=1S/C20H42O4S.Na.H/c1-2-3-4-5-6-7-8-9-10-11-12-13-14-15-16-17-18-20(21)19-25(22,23)24;;/h20-21H,2-19H2,1H3,(H,22,23,24);;. The minimum absolute atomic E-state index is 0. The maximum absolute atomic E-state index is 10.6. The van der Waals surface area contributed by atoms with Crippen LogP contribution >= 0.6 is 0 Å². The Kier molecular flexibility index (Phi) is 23.0. The molecule has 0 saturated carbocycles. The van der Waals surface area contributed by atoms with Crippen LogP contribution in [-0.4, -0.2) is 59.5 Å². The topological polar surface area (TPSA) is 74.6 Å². The van der Waals surface area contributed by atoms with Crippen molar-refractivity contribution in [2.75, 3.05) is 5.75 Å². The molecule has 2 N–H and O–H groups in total. The fraction of sp³-hybridized carbons (Fsp3) is 1.00. The molecule has 0 aliphatic carbocycles. The first-order chi connectivity index (χ1) is 12.0. The van der Waals surface area contributed by atoms with Crippen LogP contribution < -0.4 is 0 Å². The summed E-state index contributed by atoms with van der Waals surface area (Å²) >= 11 is 0. The van der Waals surface area contributed by atoms with Crippen LogP contribution in [0.15, 0.2) is 0 Å². The monoisotopic (exact) mass is 402 g/mol. The van der Waals surface area contributed by atoms with Crippen molar-refractivity contribution in [2.24, 2.45) is 0 Å². The van der Waals surface area contributed by atoms with Crippen molar-refractivity contribution in [3.05, 3.63) is 0 Å². The van der Waals surface area contributed by atoms with Gasteiger partial charge in [-0.15, -0.1) is 0 Å². The molecule has 0 aromatic carbocycles. The van der Waals surface area contributed by atoms with Gasteiger partial charge >= 0.3 is 29.6 Å². The van der Waals surface area contributed by atoms with E-state index in [2.05, 4.69) is 6.92 Å². The third kappa shape index (κ3) is 24.9. The van der Waals surface area contributed by atoms with Gasteiger partial charge in [0.25, 0.3) is 10.1 Å². The normalized spacial score (nSPS) is 12.7. The van der Waals surface area contributed by atoms with Gasteiger partial charge < -0.3 is 5.11 Å². The van der Waals surface area contributed by atoms with Crippen LogP contribution in [0.3, 0.4) is 0 Å². The molecule has 0 rings (SSSR count). The van der Waals surface area contributed by atoms with Gasteiger partial charge in [0.1, 0.15) is 5.75 Å². The van der Waals surface area contributed by atoms with Crippen LogP contribution in [0.5, 0.6) is 0 Å². The third-order valence-electron chi connectivity index (χ3n) is 4.79. The Balaban J connectivity index is 0. The average Bonchev–Trinajstić information content (AvgIpc) is 2.53. The van der Waals surface area contributed by atoms with Crippen molar-refractivity contribution in [2.45, 2.75) is 122 Å². The molecular weight excluding hydrogens is 359 g/mol. The Morgan fingerprint density at radius 1 is 0.654 bits per heavy atom. The molecule has 0 aliphatic heterocycles. The molecule has 0 radical (unpaired) electrons. The molecule has 0 heterocycles. The summed E-state index contributed by atoms with van der Waals surface area (Å²) in [4.78, 5) is 0. The zero-order chi connectivity index (χ0) is 18.8. The Morgan fingerprint density at radius 2 is 0.962 bits per heavy atom. The van der Waals surface area contributed by atoms with Gasteiger partial charge in [0.15, 0.2) is 0 Å². The van der Waals surface area contributed by atoms with Crippen LogP contribution in [0.25, 0.3) is 0 Å². The zero-order valence-corrected chi connectivity index (χ0v) is 17.2. The van der Waals surface area contributed by atoms with Crippen LogP contribution in [0, 0.1) is 0 Å². The van der Waals surface area contributed by atoms with Gasteiger partial charge in [0, 0.05) is 0 Å². The molecule has 0 aliphatic rings. The van der Waals surface area contributed by atoms with Crippen molar-refractivity contribution < 1.29 is 18.1 Å². The SMILES string of the molecule is CCCCCCCCCCCCCCCCCCC(O)CS(=O)(=O)O.[NaH]. The Bertz CT molecular complexity index is 374. The van der Waals surface area contributed by atoms with E-state index < -0.39 is 22.0 Å². The van der Waals surface area contributed by atoms with Crippen molar-refractivity contribution in [1.29, 1.82) is 0 Å². The Morgan fingerprint density at radius 3 is 1.27 bits per heavy atom. The molecule has 1 atom stereocenters. The molecule has 0 fully saturated rings. The summed E-state index contributed by atoms with van der Waals surface area (Å²) in [6.45, 7) is 2.26. The van der Waals surface area contributed by atoms with E-state index in [4.69, 9.17) is 4.55 Å². The molecule has 0 aromatic rings. The quantitative estimate of drug-likeness (QED) is 0.176. The molecule has 1 unspecified atom stereocenters. The summed E-state index contributed by atoms with van der Waals surface area (Å²) in [5.74, 6) is -0.536. The van der Waals surface area contributed by atoms with Crippen LogP contribution in [0.1, 0.15) is 116 Å². The summed E-state index contributed by atoms with van der Waals surface area (Å²) < 4.78 is 29.9. The zero-order valence-electron chi connectivity index (χ0n) is 16.4. The molecule has 154 valence electrons. The number of hydrogen-bond acceptors (Lipinski definition) is 3. The van der Waals surface area contributed by atoms with E-state index in [9.17, 15) is 13.5 Å². The third-order valence-corrected chi connectivity index (χ3v) is 5.60. The van der Waals surface area contributed by atoms with E-state index in [1.807, 2.05) is 0 Å². The van der Waals surface area contributed by atoms with Gasteiger partial charge in [-0.2, -0.15) is 8.42 Å². The summed E-state index contributed by atoms with van der Waals surface area (Å²) in [6, 6.07) is 0. The second-order valence-corrected chi connectivity index (χ2v) is 8.99. The number of hydrogen-bond donors (Lipinski definition) is 2. The molecule has 26 heavy (non-hydrogen) atoms. The van der Waals surface area contributed by atoms with Crippen LogP contribution in [-0.2, 0) is 10.1 Å². The predicted octanol–water partition coefficient (Wildman–Crippen LogP) is 5.24. The first-order valence-corrected chi connectivity index (χ1v) is 12.2. The van der Waals surface area contributed by atoms with Crippen LogP contribution in [0.2, 0.25) is 0 Å². The maximum atomic E-state index is 10.6. The summed E-state index contributed by atoms with van der Waals surface area (Å²) in [6.07, 6.45) is 20.3. The molecule has 4 nitrogen and oxygen atoms in total. The number of rotatable bonds is 19. The van der Waals surface area contributed by atoms with E-state index in [1.165, 1.54) is 83.5 Å². The number of aliphatic hydroxyl groups excluding tert-OH is 1. The van der Waals surface area contributed by atoms with Gasteiger partial charge in [-0.25, -0.2) is 0 Å². The van der Waals surface area contributed by atoms with Gasteiger partial charge in [-0.05, 0) is 6.42 Å². The van der Waals surface area contributed by atoms with E-state index in [0.29, 0.717) is 6.42 Å². The van der Waals surface area contributed by atoms with Gasteiger partial charge in [0.05, 0.1) is 6.10 Å². The molecule has 0 bridgehead atoms. The fourth-order valence-electron chi connectivity index (χ4n) is 3.25. The fourth-order valence-corrected chi connectivity index (χ4v) is 3.91. The van der Waals surface area contributed by atoms with Gasteiger partial charge in [-0.1, -0.05) is 110 Å². The molecular formula is C20H43NaO4S. The van der Waals surface area contributed by atoms with Crippen LogP contribution in [0.4, 0.5) is 0 Å². The number of unbranched alkanes of at least 4 members (excludes halogenated alkanes) is 15.